The Morgan fingerprint density at radius 2 is 1.35 bits per heavy atom. The summed E-state index contributed by atoms with van der Waals surface area (Å²) in [7, 11) is 0. The first kappa shape index (κ1) is 37.8. The van der Waals surface area contributed by atoms with Gasteiger partial charge in [-0.3, -0.25) is 9.59 Å². The Balaban J connectivity index is 1.46. The van der Waals surface area contributed by atoms with E-state index in [-0.39, 0.29) is 54.6 Å². The summed E-state index contributed by atoms with van der Waals surface area (Å²) in [5.74, 6) is -0.656. The van der Waals surface area contributed by atoms with Gasteiger partial charge in [0.2, 0.25) is 0 Å². The Hall–Kier alpha value is -1.35. The highest BCUT2D eigenvalue weighted by Crippen LogP contribution is 2.29. The summed E-state index contributed by atoms with van der Waals surface area (Å²) in [5.41, 5.74) is 0. The number of carbonyl (C=O) groups is 3. The number of carbonyl (C=O) groups excluding carboxylic acids is 3. The van der Waals surface area contributed by atoms with Crippen molar-refractivity contribution in [2.75, 3.05) is 0 Å². The number of cyclic esters (lactones) is 1. The zero-order valence-electron chi connectivity index (χ0n) is 27.2. The van der Waals surface area contributed by atoms with E-state index in [0.29, 0.717) is 51.4 Å². The zero-order valence-corrected chi connectivity index (χ0v) is 27.2. The first-order valence-electron chi connectivity index (χ1n) is 17.6. The smallest absolute Gasteiger partial charge is 0.309 e. The molecule has 8 heteroatoms. The number of Topliss-reactive ketones (excluding diaryl/α,β-unsaturated/α-hetero) is 2. The molecule has 2 rings (SSSR count). The molecule has 2 fully saturated rings. The first-order chi connectivity index (χ1) is 20.7. The molecule has 0 aromatic carbocycles. The fourth-order valence-electron chi connectivity index (χ4n) is 6.60. The van der Waals surface area contributed by atoms with Crippen LogP contribution < -0.4 is 0 Å². The number of rotatable bonds is 26. The maximum absolute atomic E-state index is 12.3. The van der Waals surface area contributed by atoms with Gasteiger partial charge < -0.3 is 29.6 Å². The third kappa shape index (κ3) is 16.5. The quantitative estimate of drug-likeness (QED) is 0.0745. The lowest BCUT2D eigenvalue weighted by Gasteiger charge is -2.22. The molecule has 7 atom stereocenters. The summed E-state index contributed by atoms with van der Waals surface area (Å²) in [6.45, 7) is 3.72. The van der Waals surface area contributed by atoms with E-state index in [1.807, 2.05) is 0 Å². The zero-order chi connectivity index (χ0) is 31.5. The minimum absolute atomic E-state index is 0.0167. The van der Waals surface area contributed by atoms with Crippen molar-refractivity contribution >= 4 is 17.5 Å². The highest BCUT2D eigenvalue weighted by Gasteiger charge is 2.35. The number of aliphatic hydroxyl groups is 3. The van der Waals surface area contributed by atoms with Crippen molar-refractivity contribution in [2.45, 2.75) is 198 Å². The van der Waals surface area contributed by atoms with Gasteiger partial charge in [0.05, 0.1) is 36.4 Å². The van der Waals surface area contributed by atoms with Crippen LogP contribution in [0.5, 0.6) is 0 Å². The van der Waals surface area contributed by atoms with Crippen LogP contribution in [0, 0.1) is 5.92 Å². The van der Waals surface area contributed by atoms with Crippen molar-refractivity contribution in [3.05, 3.63) is 0 Å². The molecule has 43 heavy (non-hydrogen) atoms. The summed E-state index contributed by atoms with van der Waals surface area (Å²) in [6.07, 6.45) is 17.6. The van der Waals surface area contributed by atoms with Crippen molar-refractivity contribution < 1.29 is 39.2 Å². The van der Waals surface area contributed by atoms with Crippen molar-refractivity contribution in [2.24, 2.45) is 5.92 Å². The minimum atomic E-state index is -0.709. The maximum Gasteiger partial charge on any atom is 0.309 e. The second kappa shape index (κ2) is 22.2. The van der Waals surface area contributed by atoms with Crippen LogP contribution in [0.25, 0.3) is 0 Å². The first-order valence-corrected chi connectivity index (χ1v) is 17.6. The second-order valence-electron chi connectivity index (χ2n) is 13.4. The largest absolute Gasteiger partial charge is 0.462 e. The van der Waals surface area contributed by atoms with Gasteiger partial charge in [-0.15, -0.1) is 0 Å². The van der Waals surface area contributed by atoms with Gasteiger partial charge >= 0.3 is 5.97 Å². The fourth-order valence-corrected chi connectivity index (χ4v) is 6.60. The van der Waals surface area contributed by atoms with Crippen molar-refractivity contribution in [3.63, 3.8) is 0 Å². The molecule has 2 heterocycles. The van der Waals surface area contributed by atoms with Gasteiger partial charge in [0.1, 0.15) is 17.7 Å². The van der Waals surface area contributed by atoms with E-state index >= 15 is 0 Å². The predicted octanol–water partition coefficient (Wildman–Crippen LogP) is 6.53. The molecule has 0 aromatic heterocycles. The minimum Gasteiger partial charge on any atom is -0.462 e. The Kier molecular flexibility index (Phi) is 19.5. The molecular weight excluding hydrogens is 548 g/mol. The van der Waals surface area contributed by atoms with E-state index in [1.165, 1.54) is 58.3 Å². The molecule has 0 spiro atoms. The van der Waals surface area contributed by atoms with Gasteiger partial charge in [0.25, 0.3) is 0 Å². The summed E-state index contributed by atoms with van der Waals surface area (Å²) in [5, 5.41) is 31.4. The number of hydrogen-bond acceptors (Lipinski definition) is 8. The summed E-state index contributed by atoms with van der Waals surface area (Å²) in [4.78, 5) is 35.4. The number of hydrogen-bond donors (Lipinski definition) is 3. The number of ether oxygens (including phenoxy) is 2. The van der Waals surface area contributed by atoms with E-state index in [4.69, 9.17) is 9.47 Å². The SMILES string of the molecule is CCCCCCCCCCCCC(O)C1CCC(C(O)CCCCC(=O)CC(O)CCCC2CC(CC(C)=O)C(=O)O2)O1. The van der Waals surface area contributed by atoms with E-state index in [1.54, 1.807) is 0 Å². The van der Waals surface area contributed by atoms with Crippen molar-refractivity contribution in [1.82, 2.24) is 0 Å². The lowest BCUT2D eigenvalue weighted by Crippen LogP contribution is -2.31. The fraction of sp³-hybridized carbons (Fsp3) is 0.914. The van der Waals surface area contributed by atoms with Crippen LogP contribution in [0.4, 0.5) is 0 Å². The molecule has 2 aliphatic rings. The van der Waals surface area contributed by atoms with Crippen LogP contribution in [0.15, 0.2) is 0 Å². The molecule has 0 saturated carbocycles. The summed E-state index contributed by atoms with van der Waals surface area (Å²) >= 11 is 0. The standard InChI is InChI=1S/C35H62O8/c1-3-4-5-6-7-8-9-10-11-12-19-31(39)33-21-22-34(43-33)32(40)20-14-13-16-28(37)25-29(38)17-15-18-30-24-27(23-26(2)36)35(41)42-30/h27,29-34,38-40H,3-25H2,1-2H3. The highest BCUT2D eigenvalue weighted by molar-refractivity contribution is 5.83. The molecule has 2 aliphatic heterocycles. The molecule has 7 unspecified atom stereocenters. The molecule has 0 radical (unpaired) electrons. The van der Waals surface area contributed by atoms with Crippen molar-refractivity contribution in [3.8, 4) is 0 Å². The van der Waals surface area contributed by atoms with Crippen LogP contribution in [0.1, 0.15) is 162 Å². The maximum atomic E-state index is 12.3. The number of ketones is 2. The van der Waals surface area contributed by atoms with E-state index in [2.05, 4.69) is 6.92 Å². The lowest BCUT2D eigenvalue weighted by atomic mass is 9.96. The normalized spacial score (nSPS) is 24.2. The van der Waals surface area contributed by atoms with Gasteiger partial charge in [-0.25, -0.2) is 0 Å². The van der Waals surface area contributed by atoms with E-state index in [9.17, 15) is 29.7 Å². The Labute approximate surface area is 260 Å². The Morgan fingerprint density at radius 1 is 0.791 bits per heavy atom. The molecule has 8 nitrogen and oxygen atoms in total. The number of aliphatic hydroxyl groups excluding tert-OH is 3. The molecule has 3 N–H and O–H groups in total. The highest BCUT2D eigenvalue weighted by atomic mass is 16.6. The topological polar surface area (TPSA) is 130 Å². The average molecular weight is 611 g/mol. The molecule has 0 aromatic rings. The predicted molar refractivity (Wildman–Crippen MR) is 168 cm³/mol. The van der Waals surface area contributed by atoms with Gasteiger partial charge in [0.15, 0.2) is 0 Å². The third-order valence-corrected chi connectivity index (χ3v) is 9.23. The van der Waals surface area contributed by atoms with Crippen LogP contribution in [0.2, 0.25) is 0 Å². The summed E-state index contributed by atoms with van der Waals surface area (Å²) in [6, 6.07) is 0. The van der Waals surface area contributed by atoms with Crippen LogP contribution in [0.3, 0.4) is 0 Å². The lowest BCUT2D eigenvalue weighted by molar-refractivity contribution is -0.145. The summed E-state index contributed by atoms with van der Waals surface area (Å²) < 4.78 is 11.4. The molecule has 0 aliphatic carbocycles. The Morgan fingerprint density at radius 3 is 1.93 bits per heavy atom. The Bertz CT molecular complexity index is 786. The molecular formula is C35H62O8. The van der Waals surface area contributed by atoms with Gasteiger partial charge in [-0.1, -0.05) is 77.6 Å². The molecule has 0 amide bonds. The van der Waals surface area contributed by atoms with Crippen LogP contribution >= 0.6 is 0 Å². The third-order valence-electron chi connectivity index (χ3n) is 9.23. The molecule has 0 bridgehead atoms. The monoisotopic (exact) mass is 610 g/mol. The second-order valence-corrected chi connectivity index (χ2v) is 13.4. The molecule has 250 valence electrons. The van der Waals surface area contributed by atoms with E-state index < -0.39 is 18.3 Å². The molecule has 2 saturated heterocycles. The van der Waals surface area contributed by atoms with Crippen LogP contribution in [-0.4, -0.2) is 69.5 Å². The van der Waals surface area contributed by atoms with Crippen LogP contribution in [-0.2, 0) is 23.9 Å². The number of unbranched alkanes of at least 4 members (excludes halogenated alkanes) is 10. The van der Waals surface area contributed by atoms with Gasteiger partial charge in [0, 0.05) is 19.3 Å². The van der Waals surface area contributed by atoms with Gasteiger partial charge in [-0.2, -0.15) is 0 Å². The van der Waals surface area contributed by atoms with Crippen molar-refractivity contribution in [1.29, 1.82) is 0 Å². The van der Waals surface area contributed by atoms with E-state index in [0.717, 1.165) is 32.1 Å². The number of esters is 1. The average Bonchev–Trinajstić information content (AvgIpc) is 3.59. The van der Waals surface area contributed by atoms with Gasteiger partial charge in [-0.05, 0) is 64.7 Å².